The van der Waals surface area contributed by atoms with Gasteiger partial charge in [0.2, 0.25) is 0 Å². The Morgan fingerprint density at radius 3 is 2.89 bits per heavy atom. The summed E-state index contributed by atoms with van der Waals surface area (Å²) in [4.78, 5) is 25.6. The number of ether oxygens (including phenoxy) is 1. The molecule has 2 aliphatic rings. The second-order valence-electron chi connectivity index (χ2n) is 5.45. The fraction of sp³-hybridized carbons (Fsp3) is 0.846. The molecular formula is C13H23N3O3. The minimum atomic E-state index is -0.763. The molecule has 2 N–H and O–H groups in total. The number of piperidine rings is 1. The van der Waals surface area contributed by atoms with Gasteiger partial charge < -0.3 is 15.0 Å². The summed E-state index contributed by atoms with van der Waals surface area (Å²) in [6.45, 7) is 8.01. The van der Waals surface area contributed by atoms with Crippen LogP contribution < -0.4 is 10.6 Å². The predicted octanol–water partition coefficient (Wildman–Crippen LogP) is 0.333. The first kappa shape index (κ1) is 14.3. The molecule has 0 saturated carbocycles. The molecule has 2 fully saturated rings. The average molecular weight is 269 g/mol. The molecule has 6 nitrogen and oxygen atoms in total. The number of likely N-dealkylation sites (tertiary alicyclic amines) is 1. The van der Waals surface area contributed by atoms with Crippen LogP contribution in [0.1, 0.15) is 26.7 Å². The second-order valence-corrected chi connectivity index (χ2v) is 5.45. The first-order chi connectivity index (χ1) is 9.06. The summed E-state index contributed by atoms with van der Waals surface area (Å²) in [6.07, 6.45) is 2.02. The minimum Gasteiger partial charge on any atom is -0.380 e. The van der Waals surface area contributed by atoms with Gasteiger partial charge in [-0.2, -0.15) is 0 Å². The molecule has 2 rings (SSSR count). The van der Waals surface area contributed by atoms with Gasteiger partial charge >= 0.3 is 6.03 Å². The number of amides is 3. The Hall–Kier alpha value is -1.14. The Labute approximate surface area is 113 Å². The van der Waals surface area contributed by atoms with Crippen LogP contribution in [0.15, 0.2) is 0 Å². The van der Waals surface area contributed by atoms with Crippen molar-refractivity contribution in [3.8, 4) is 0 Å². The Balaban J connectivity index is 1.93. The van der Waals surface area contributed by atoms with E-state index < -0.39 is 5.54 Å². The molecule has 6 heteroatoms. The van der Waals surface area contributed by atoms with Crippen LogP contribution in [0, 0.1) is 5.92 Å². The minimum absolute atomic E-state index is 0.161. The highest BCUT2D eigenvalue weighted by molar-refractivity contribution is 6.06. The van der Waals surface area contributed by atoms with Crippen molar-refractivity contribution in [1.29, 1.82) is 0 Å². The Bertz CT molecular complexity index is 361. The molecule has 0 spiro atoms. The van der Waals surface area contributed by atoms with Crippen LogP contribution in [0.5, 0.6) is 0 Å². The zero-order chi connectivity index (χ0) is 13.9. The quantitative estimate of drug-likeness (QED) is 0.557. The lowest BCUT2D eigenvalue weighted by molar-refractivity contribution is -0.126. The number of hydrogen-bond acceptors (Lipinski definition) is 4. The third-order valence-corrected chi connectivity index (χ3v) is 4.15. The highest BCUT2D eigenvalue weighted by Crippen LogP contribution is 2.29. The molecule has 0 aromatic carbocycles. The summed E-state index contributed by atoms with van der Waals surface area (Å²) in [5.41, 5.74) is -0.763. The van der Waals surface area contributed by atoms with Crippen molar-refractivity contribution in [2.24, 2.45) is 5.92 Å². The maximum atomic E-state index is 11.9. The van der Waals surface area contributed by atoms with E-state index in [1.165, 1.54) is 0 Å². The van der Waals surface area contributed by atoms with E-state index in [1.54, 1.807) is 0 Å². The lowest BCUT2D eigenvalue weighted by atomic mass is 9.80. The van der Waals surface area contributed by atoms with E-state index in [1.807, 2.05) is 13.8 Å². The summed E-state index contributed by atoms with van der Waals surface area (Å²) in [7, 11) is 0. The fourth-order valence-corrected chi connectivity index (χ4v) is 2.91. The standard InChI is InChI=1S/C13H23N3O3/c1-3-19-8-7-16-6-4-5-10(9-16)13(2)11(17)14-12(18)15-13/h10H,3-9H2,1-2H3,(H2,14,15,17,18)/t10-,13-/m1/s1. The third kappa shape index (κ3) is 3.06. The van der Waals surface area contributed by atoms with Crippen molar-refractivity contribution in [2.45, 2.75) is 32.2 Å². The van der Waals surface area contributed by atoms with Gasteiger partial charge in [0.1, 0.15) is 5.54 Å². The zero-order valence-electron chi connectivity index (χ0n) is 11.7. The molecule has 0 unspecified atom stereocenters. The highest BCUT2D eigenvalue weighted by Gasteiger charge is 2.48. The first-order valence-corrected chi connectivity index (χ1v) is 7.00. The lowest BCUT2D eigenvalue weighted by Gasteiger charge is -2.39. The van der Waals surface area contributed by atoms with Crippen LogP contribution in [0.25, 0.3) is 0 Å². The van der Waals surface area contributed by atoms with Gasteiger partial charge in [-0.05, 0) is 33.2 Å². The molecule has 0 bridgehead atoms. The molecule has 3 amide bonds. The first-order valence-electron chi connectivity index (χ1n) is 7.00. The Morgan fingerprint density at radius 1 is 1.47 bits per heavy atom. The lowest BCUT2D eigenvalue weighted by Crippen LogP contribution is -2.56. The van der Waals surface area contributed by atoms with E-state index in [9.17, 15) is 9.59 Å². The SMILES string of the molecule is CCOCCN1CCC[C@@H]([C@@]2(C)NC(=O)NC2=O)C1. The summed E-state index contributed by atoms with van der Waals surface area (Å²) >= 11 is 0. The average Bonchev–Trinajstić information content (AvgIpc) is 2.65. The van der Waals surface area contributed by atoms with Crippen molar-refractivity contribution in [1.82, 2.24) is 15.5 Å². The van der Waals surface area contributed by atoms with Crippen LogP contribution in [0.2, 0.25) is 0 Å². The molecule has 2 atom stereocenters. The summed E-state index contributed by atoms with van der Waals surface area (Å²) < 4.78 is 5.37. The van der Waals surface area contributed by atoms with E-state index >= 15 is 0 Å². The smallest absolute Gasteiger partial charge is 0.322 e. The molecule has 2 heterocycles. The Morgan fingerprint density at radius 2 is 2.26 bits per heavy atom. The van der Waals surface area contributed by atoms with Crippen LogP contribution in [-0.2, 0) is 9.53 Å². The number of nitrogens with one attached hydrogen (secondary N) is 2. The molecule has 0 radical (unpaired) electrons. The van der Waals surface area contributed by atoms with Crippen LogP contribution in [0.3, 0.4) is 0 Å². The van der Waals surface area contributed by atoms with Gasteiger partial charge in [0, 0.05) is 25.6 Å². The number of carbonyl (C=O) groups is 2. The molecular weight excluding hydrogens is 246 g/mol. The van der Waals surface area contributed by atoms with E-state index in [4.69, 9.17) is 4.74 Å². The molecule has 2 aliphatic heterocycles. The number of carbonyl (C=O) groups excluding carboxylic acids is 2. The summed E-state index contributed by atoms with van der Waals surface area (Å²) in [5.74, 6) is -0.0384. The molecule has 0 aromatic rings. The van der Waals surface area contributed by atoms with Gasteiger partial charge in [-0.25, -0.2) is 4.79 Å². The van der Waals surface area contributed by atoms with Crippen LogP contribution >= 0.6 is 0 Å². The van der Waals surface area contributed by atoms with E-state index in [0.29, 0.717) is 0 Å². The third-order valence-electron chi connectivity index (χ3n) is 4.15. The molecule has 2 saturated heterocycles. The molecule has 108 valence electrons. The molecule has 0 aromatic heterocycles. The number of hydrogen-bond donors (Lipinski definition) is 2. The highest BCUT2D eigenvalue weighted by atomic mass is 16.5. The predicted molar refractivity (Wildman–Crippen MR) is 70.7 cm³/mol. The van der Waals surface area contributed by atoms with E-state index in [0.717, 1.165) is 45.7 Å². The fourth-order valence-electron chi connectivity index (χ4n) is 2.91. The van der Waals surface area contributed by atoms with Gasteiger partial charge in [0.05, 0.1) is 6.61 Å². The van der Waals surface area contributed by atoms with Gasteiger partial charge in [-0.1, -0.05) is 0 Å². The number of urea groups is 1. The summed E-state index contributed by atoms with van der Waals surface area (Å²) in [5, 5.41) is 5.12. The van der Waals surface area contributed by atoms with Crippen molar-refractivity contribution in [3.05, 3.63) is 0 Å². The number of nitrogens with zero attached hydrogens (tertiary/aromatic N) is 1. The largest absolute Gasteiger partial charge is 0.380 e. The number of imide groups is 1. The maximum Gasteiger partial charge on any atom is 0.322 e. The maximum absolute atomic E-state index is 11.9. The Kier molecular flexibility index (Phi) is 4.42. The zero-order valence-corrected chi connectivity index (χ0v) is 11.7. The van der Waals surface area contributed by atoms with Gasteiger partial charge in [-0.15, -0.1) is 0 Å². The van der Waals surface area contributed by atoms with E-state index in [2.05, 4.69) is 15.5 Å². The molecule has 19 heavy (non-hydrogen) atoms. The van der Waals surface area contributed by atoms with Gasteiger partial charge in [-0.3, -0.25) is 10.1 Å². The van der Waals surface area contributed by atoms with Gasteiger partial charge in [0.25, 0.3) is 5.91 Å². The van der Waals surface area contributed by atoms with Crippen molar-refractivity contribution in [3.63, 3.8) is 0 Å². The van der Waals surface area contributed by atoms with Crippen molar-refractivity contribution in [2.75, 3.05) is 32.8 Å². The van der Waals surface area contributed by atoms with Crippen LogP contribution in [0.4, 0.5) is 4.79 Å². The normalized spacial score (nSPS) is 32.2. The summed E-state index contributed by atoms with van der Waals surface area (Å²) in [6, 6.07) is -0.376. The number of rotatable bonds is 5. The van der Waals surface area contributed by atoms with Crippen molar-refractivity contribution < 1.29 is 14.3 Å². The second kappa shape index (κ2) is 5.88. The van der Waals surface area contributed by atoms with Crippen LogP contribution in [-0.4, -0.2) is 55.2 Å². The van der Waals surface area contributed by atoms with Gasteiger partial charge in [0.15, 0.2) is 0 Å². The topological polar surface area (TPSA) is 70.7 Å². The van der Waals surface area contributed by atoms with Crippen molar-refractivity contribution >= 4 is 11.9 Å². The van der Waals surface area contributed by atoms with E-state index in [-0.39, 0.29) is 17.9 Å². The molecule has 0 aliphatic carbocycles. The monoisotopic (exact) mass is 269 g/mol.